The molecule has 9 nitrogen and oxygen atoms in total. The molecule has 0 unspecified atom stereocenters. The van der Waals surface area contributed by atoms with Crippen LogP contribution in [0.2, 0.25) is 5.02 Å². The SMILES string of the molecule is C=CC(=O)N1CCN(c2nc(=O)n(-c3c(C(C)C)ncnc3C(C)C)c3nc(-c4ccccc4C=C)c(Cl)cc23)[C@@H](C)C1. The van der Waals surface area contributed by atoms with Gasteiger partial charge in [0.2, 0.25) is 5.91 Å². The Morgan fingerprint density at radius 1 is 1.05 bits per heavy atom. The summed E-state index contributed by atoms with van der Waals surface area (Å²) in [5.74, 6) is 0.352. The van der Waals surface area contributed by atoms with Gasteiger partial charge >= 0.3 is 5.69 Å². The Kier molecular flexibility index (Phi) is 8.46. The van der Waals surface area contributed by atoms with E-state index in [4.69, 9.17) is 16.6 Å². The van der Waals surface area contributed by atoms with Crippen molar-refractivity contribution in [1.29, 1.82) is 0 Å². The standard InChI is InChI=1S/C33H36ClN7O2/c1-8-22-12-10-11-13-23(22)29-25(34)16-24-31(40-15-14-39(17-21(40)7)26(42)9-2)38-33(43)41(32(24)37-29)30-27(19(3)4)35-18-36-28(30)20(5)6/h8-13,16,18-21H,1-2,14-15,17H2,3-7H3/t21-/m0/s1. The Balaban J connectivity index is 1.86. The van der Waals surface area contributed by atoms with Crippen molar-refractivity contribution in [3.8, 4) is 16.9 Å². The number of pyridine rings is 1. The third-order valence-electron chi connectivity index (χ3n) is 7.82. The summed E-state index contributed by atoms with van der Waals surface area (Å²) in [6.07, 6.45) is 4.63. The number of carbonyl (C=O) groups is 1. The maximum atomic E-state index is 14.2. The van der Waals surface area contributed by atoms with Crippen molar-refractivity contribution in [2.24, 2.45) is 0 Å². The average molecular weight is 598 g/mol. The molecule has 0 saturated carbocycles. The van der Waals surface area contributed by atoms with Crippen LogP contribution in [-0.4, -0.2) is 61.0 Å². The predicted octanol–water partition coefficient (Wildman–Crippen LogP) is 6.00. The summed E-state index contributed by atoms with van der Waals surface area (Å²) < 4.78 is 1.54. The van der Waals surface area contributed by atoms with Crippen LogP contribution in [0.5, 0.6) is 0 Å². The molecule has 1 fully saturated rings. The van der Waals surface area contributed by atoms with E-state index in [1.807, 2.05) is 69.9 Å². The van der Waals surface area contributed by atoms with E-state index in [0.717, 1.165) is 22.5 Å². The molecule has 1 atom stereocenters. The molecule has 3 aromatic heterocycles. The fraction of sp³-hybridized carbons (Fsp3) is 0.333. The molecule has 0 bridgehead atoms. The Morgan fingerprint density at radius 3 is 2.33 bits per heavy atom. The maximum absolute atomic E-state index is 14.2. The van der Waals surface area contributed by atoms with Crippen LogP contribution >= 0.6 is 11.6 Å². The molecule has 1 saturated heterocycles. The fourth-order valence-electron chi connectivity index (χ4n) is 5.69. The quantitative estimate of drug-likeness (QED) is 0.241. The number of halogens is 1. The molecule has 43 heavy (non-hydrogen) atoms. The average Bonchev–Trinajstić information content (AvgIpc) is 2.99. The van der Waals surface area contributed by atoms with Crippen LogP contribution in [0, 0.1) is 0 Å². The van der Waals surface area contributed by atoms with E-state index in [-0.39, 0.29) is 23.8 Å². The number of piperazine rings is 1. The first kappa shape index (κ1) is 30.1. The summed E-state index contributed by atoms with van der Waals surface area (Å²) in [6.45, 7) is 19.1. The summed E-state index contributed by atoms with van der Waals surface area (Å²) in [6, 6.07) is 9.43. The topological polar surface area (TPSA) is 97.1 Å². The lowest BCUT2D eigenvalue weighted by Crippen LogP contribution is -2.54. The van der Waals surface area contributed by atoms with Gasteiger partial charge in [0.15, 0.2) is 5.65 Å². The van der Waals surface area contributed by atoms with Gasteiger partial charge in [0.05, 0.1) is 33.2 Å². The number of carbonyl (C=O) groups excluding carboxylic acids is 1. The third-order valence-corrected chi connectivity index (χ3v) is 8.11. The molecule has 0 radical (unpaired) electrons. The van der Waals surface area contributed by atoms with E-state index < -0.39 is 5.69 Å². The molecule has 0 aliphatic carbocycles. The van der Waals surface area contributed by atoms with Gasteiger partial charge in [0.25, 0.3) is 0 Å². The van der Waals surface area contributed by atoms with E-state index in [0.29, 0.717) is 52.9 Å². The van der Waals surface area contributed by atoms with Gasteiger partial charge in [-0.2, -0.15) is 4.98 Å². The molecule has 1 aromatic carbocycles. The van der Waals surface area contributed by atoms with Gasteiger partial charge < -0.3 is 9.80 Å². The number of amides is 1. The highest BCUT2D eigenvalue weighted by molar-refractivity contribution is 6.34. The van der Waals surface area contributed by atoms with Gasteiger partial charge in [-0.25, -0.2) is 24.3 Å². The Bertz CT molecular complexity index is 1770. The smallest absolute Gasteiger partial charge is 0.350 e. The molecule has 1 aliphatic heterocycles. The summed E-state index contributed by atoms with van der Waals surface area (Å²) in [4.78, 5) is 49.4. The minimum absolute atomic E-state index is 0.000820. The molecular weight excluding hydrogens is 562 g/mol. The maximum Gasteiger partial charge on any atom is 0.355 e. The molecule has 0 spiro atoms. The zero-order valence-corrected chi connectivity index (χ0v) is 26.0. The van der Waals surface area contributed by atoms with Gasteiger partial charge in [0.1, 0.15) is 12.1 Å². The van der Waals surface area contributed by atoms with Crippen LogP contribution in [0.3, 0.4) is 0 Å². The monoisotopic (exact) mass is 597 g/mol. The number of fused-ring (bicyclic) bond motifs is 1. The first-order chi connectivity index (χ1) is 20.6. The summed E-state index contributed by atoms with van der Waals surface area (Å²) >= 11 is 6.98. The number of hydrogen-bond acceptors (Lipinski definition) is 7. The van der Waals surface area contributed by atoms with E-state index in [1.54, 1.807) is 21.9 Å². The zero-order chi connectivity index (χ0) is 31.0. The molecule has 0 N–H and O–H groups in total. The summed E-state index contributed by atoms with van der Waals surface area (Å²) in [7, 11) is 0. The van der Waals surface area contributed by atoms with Gasteiger partial charge in [-0.3, -0.25) is 4.79 Å². The summed E-state index contributed by atoms with van der Waals surface area (Å²) in [5, 5.41) is 1.04. The fourth-order valence-corrected chi connectivity index (χ4v) is 5.94. The van der Waals surface area contributed by atoms with Crippen molar-refractivity contribution in [3.63, 3.8) is 0 Å². The van der Waals surface area contributed by atoms with Crippen molar-refractivity contribution in [2.75, 3.05) is 24.5 Å². The normalized spacial score (nSPS) is 15.4. The molecule has 4 aromatic rings. The predicted molar refractivity (Wildman–Crippen MR) is 173 cm³/mol. The second-order valence-electron chi connectivity index (χ2n) is 11.4. The number of hydrogen-bond donors (Lipinski definition) is 0. The molecule has 5 rings (SSSR count). The Labute approximate surface area is 256 Å². The van der Waals surface area contributed by atoms with Crippen LogP contribution in [0.15, 0.2) is 60.7 Å². The van der Waals surface area contributed by atoms with Gasteiger partial charge in [-0.15, -0.1) is 0 Å². The van der Waals surface area contributed by atoms with Crippen LogP contribution in [-0.2, 0) is 4.79 Å². The lowest BCUT2D eigenvalue weighted by Gasteiger charge is -2.40. The lowest BCUT2D eigenvalue weighted by molar-refractivity contribution is -0.126. The van der Waals surface area contributed by atoms with Gasteiger partial charge in [-0.1, -0.05) is 82.8 Å². The van der Waals surface area contributed by atoms with Crippen LogP contribution in [0.4, 0.5) is 5.82 Å². The zero-order valence-electron chi connectivity index (χ0n) is 25.2. The minimum atomic E-state index is -0.490. The van der Waals surface area contributed by atoms with Crippen molar-refractivity contribution in [2.45, 2.75) is 52.5 Å². The molecule has 10 heteroatoms. The highest BCUT2D eigenvalue weighted by atomic mass is 35.5. The Hall–Kier alpha value is -4.37. The van der Waals surface area contributed by atoms with E-state index in [2.05, 4.69) is 28.1 Å². The highest BCUT2D eigenvalue weighted by Gasteiger charge is 2.31. The number of benzene rings is 1. The van der Waals surface area contributed by atoms with Crippen LogP contribution in [0.25, 0.3) is 34.1 Å². The van der Waals surface area contributed by atoms with Crippen molar-refractivity contribution in [3.05, 3.63) is 88.4 Å². The minimum Gasteiger partial charge on any atom is -0.350 e. The van der Waals surface area contributed by atoms with Crippen LogP contribution < -0.4 is 10.6 Å². The molecular formula is C33H36ClN7O2. The molecule has 222 valence electrons. The number of aromatic nitrogens is 5. The van der Waals surface area contributed by atoms with E-state index in [1.165, 1.54) is 6.08 Å². The number of rotatable bonds is 7. The van der Waals surface area contributed by atoms with Crippen molar-refractivity contribution >= 4 is 40.4 Å². The third kappa shape index (κ3) is 5.45. The van der Waals surface area contributed by atoms with Crippen LogP contribution in [0.1, 0.15) is 63.4 Å². The number of nitrogens with zero attached hydrogens (tertiary/aromatic N) is 7. The van der Waals surface area contributed by atoms with Crippen molar-refractivity contribution in [1.82, 2.24) is 29.4 Å². The van der Waals surface area contributed by atoms with E-state index in [9.17, 15) is 9.59 Å². The van der Waals surface area contributed by atoms with Gasteiger partial charge in [0, 0.05) is 31.2 Å². The van der Waals surface area contributed by atoms with Gasteiger partial charge in [-0.05, 0) is 36.5 Å². The first-order valence-corrected chi connectivity index (χ1v) is 14.8. The Morgan fingerprint density at radius 2 is 1.72 bits per heavy atom. The molecule has 4 heterocycles. The highest BCUT2D eigenvalue weighted by Crippen LogP contribution is 2.37. The van der Waals surface area contributed by atoms with Crippen molar-refractivity contribution < 1.29 is 4.79 Å². The second-order valence-corrected chi connectivity index (χ2v) is 11.8. The number of anilines is 1. The largest absolute Gasteiger partial charge is 0.355 e. The molecule has 1 amide bonds. The first-order valence-electron chi connectivity index (χ1n) is 14.5. The second kappa shape index (κ2) is 12.1. The summed E-state index contributed by atoms with van der Waals surface area (Å²) in [5.41, 5.74) is 4.15. The lowest BCUT2D eigenvalue weighted by atomic mass is 10.0. The van der Waals surface area contributed by atoms with E-state index >= 15 is 0 Å². The molecule has 1 aliphatic rings.